The number of nitrogens with two attached hydrogens (primary N) is 1. The fourth-order valence-corrected chi connectivity index (χ4v) is 0.948. The predicted octanol–water partition coefficient (Wildman–Crippen LogP) is 0.461. The second-order valence-corrected chi connectivity index (χ2v) is 3.44. The van der Waals surface area contributed by atoms with Gasteiger partial charge in [-0.3, -0.25) is 4.79 Å². The number of hydrogen-bond acceptors (Lipinski definition) is 3. The molecule has 0 amide bonds. The third-order valence-corrected chi connectivity index (χ3v) is 1.92. The van der Waals surface area contributed by atoms with E-state index in [0.717, 1.165) is 0 Å². The lowest BCUT2D eigenvalue weighted by Gasteiger charge is -2.25. The van der Waals surface area contributed by atoms with Crippen LogP contribution in [-0.2, 0) is 9.53 Å². The van der Waals surface area contributed by atoms with Gasteiger partial charge in [0.05, 0.1) is 11.5 Å². The fraction of sp³-hybridized carbons (Fsp3) is 0.875. The van der Waals surface area contributed by atoms with E-state index in [-0.39, 0.29) is 6.54 Å². The van der Waals surface area contributed by atoms with E-state index in [0.29, 0.717) is 6.42 Å². The summed E-state index contributed by atoms with van der Waals surface area (Å²) in [6.07, 6.45) is 0.440. The minimum absolute atomic E-state index is 0.155. The molecule has 3 N–H and O–H groups in total. The van der Waals surface area contributed by atoms with Gasteiger partial charge < -0.3 is 15.6 Å². The molecular weight excluding hydrogens is 158 g/mol. The molecule has 12 heavy (non-hydrogen) atoms. The zero-order chi connectivity index (χ0) is 9.78. The predicted molar refractivity (Wildman–Crippen MR) is 45.9 cm³/mol. The van der Waals surface area contributed by atoms with Gasteiger partial charge in [-0.2, -0.15) is 0 Å². The molecule has 0 fully saturated rings. The first kappa shape index (κ1) is 11.4. The average molecular weight is 175 g/mol. The molecule has 0 bridgehead atoms. The lowest BCUT2D eigenvalue weighted by molar-refractivity contribution is -0.143. The number of hydrogen-bond donors (Lipinski definition) is 2. The quantitative estimate of drug-likeness (QED) is 0.636. The first-order valence-electron chi connectivity index (χ1n) is 3.91. The van der Waals surface area contributed by atoms with Crippen LogP contribution in [0.15, 0.2) is 0 Å². The Balaban J connectivity index is 4.11. The number of methoxy groups -OCH3 is 1. The minimum atomic E-state index is -0.859. The lowest BCUT2D eigenvalue weighted by atomic mass is 9.93. The van der Waals surface area contributed by atoms with Crippen molar-refractivity contribution in [3.63, 3.8) is 0 Å². The van der Waals surface area contributed by atoms with Crippen LogP contribution in [-0.4, -0.2) is 30.3 Å². The van der Waals surface area contributed by atoms with Crippen LogP contribution >= 0.6 is 0 Å². The Kier molecular flexibility index (Phi) is 4.20. The Morgan fingerprint density at radius 3 is 2.42 bits per heavy atom. The molecule has 0 rings (SSSR count). The van der Waals surface area contributed by atoms with Gasteiger partial charge in [-0.15, -0.1) is 0 Å². The molecule has 0 aromatic carbocycles. The highest BCUT2D eigenvalue weighted by Gasteiger charge is 2.26. The van der Waals surface area contributed by atoms with Crippen molar-refractivity contribution in [1.29, 1.82) is 0 Å². The van der Waals surface area contributed by atoms with Gasteiger partial charge in [-0.1, -0.05) is 0 Å². The summed E-state index contributed by atoms with van der Waals surface area (Å²) < 4.78 is 5.10. The zero-order valence-electron chi connectivity index (χ0n) is 7.83. The SMILES string of the molecule is COC(C)(C)CC(CN)C(=O)O. The van der Waals surface area contributed by atoms with Crippen molar-refractivity contribution >= 4 is 5.97 Å². The van der Waals surface area contributed by atoms with Crippen LogP contribution < -0.4 is 5.73 Å². The van der Waals surface area contributed by atoms with E-state index in [1.807, 2.05) is 13.8 Å². The van der Waals surface area contributed by atoms with Crippen molar-refractivity contribution in [2.24, 2.45) is 11.7 Å². The van der Waals surface area contributed by atoms with Crippen molar-refractivity contribution in [2.45, 2.75) is 25.9 Å². The highest BCUT2D eigenvalue weighted by atomic mass is 16.5. The van der Waals surface area contributed by atoms with E-state index in [1.54, 1.807) is 7.11 Å². The van der Waals surface area contributed by atoms with Crippen LogP contribution in [0.2, 0.25) is 0 Å². The van der Waals surface area contributed by atoms with E-state index >= 15 is 0 Å². The first-order valence-corrected chi connectivity index (χ1v) is 3.91. The van der Waals surface area contributed by atoms with Gasteiger partial charge in [-0.05, 0) is 20.3 Å². The molecular formula is C8H17NO3. The van der Waals surface area contributed by atoms with E-state index in [4.69, 9.17) is 15.6 Å². The molecule has 4 heteroatoms. The van der Waals surface area contributed by atoms with Gasteiger partial charge >= 0.3 is 5.97 Å². The van der Waals surface area contributed by atoms with Crippen molar-refractivity contribution < 1.29 is 14.6 Å². The Hall–Kier alpha value is -0.610. The summed E-state index contributed by atoms with van der Waals surface area (Å²) in [5, 5.41) is 8.70. The van der Waals surface area contributed by atoms with E-state index in [9.17, 15) is 4.79 Å². The Morgan fingerprint density at radius 1 is 1.67 bits per heavy atom. The molecule has 1 atom stereocenters. The number of carbonyl (C=O) groups is 1. The van der Waals surface area contributed by atoms with Gasteiger partial charge in [-0.25, -0.2) is 0 Å². The molecule has 0 radical (unpaired) electrons. The van der Waals surface area contributed by atoms with Crippen LogP contribution in [0, 0.1) is 5.92 Å². The van der Waals surface area contributed by atoms with Crippen LogP contribution in [0.5, 0.6) is 0 Å². The van der Waals surface area contributed by atoms with Crippen LogP contribution in [0.3, 0.4) is 0 Å². The number of ether oxygens (including phenoxy) is 1. The summed E-state index contributed by atoms with van der Waals surface area (Å²) in [5.41, 5.74) is 4.88. The topological polar surface area (TPSA) is 72.5 Å². The monoisotopic (exact) mass is 175 g/mol. The number of carboxylic acids is 1. The maximum absolute atomic E-state index is 10.6. The number of rotatable bonds is 5. The Labute approximate surface area is 72.7 Å². The normalized spacial score (nSPS) is 14.3. The second kappa shape index (κ2) is 4.42. The summed E-state index contributed by atoms with van der Waals surface area (Å²) in [6.45, 7) is 3.85. The molecule has 0 spiro atoms. The van der Waals surface area contributed by atoms with Gasteiger partial charge in [0.15, 0.2) is 0 Å². The van der Waals surface area contributed by atoms with Crippen molar-refractivity contribution in [1.82, 2.24) is 0 Å². The van der Waals surface area contributed by atoms with E-state index < -0.39 is 17.5 Å². The molecule has 72 valence electrons. The third kappa shape index (κ3) is 3.69. The van der Waals surface area contributed by atoms with Crippen molar-refractivity contribution in [3.05, 3.63) is 0 Å². The summed E-state index contributed by atoms with van der Waals surface area (Å²) in [5.74, 6) is -1.37. The summed E-state index contributed by atoms with van der Waals surface area (Å²) in [4.78, 5) is 10.6. The molecule has 0 aromatic heterocycles. The van der Waals surface area contributed by atoms with Gasteiger partial charge in [0.1, 0.15) is 0 Å². The second-order valence-electron chi connectivity index (χ2n) is 3.44. The molecule has 1 unspecified atom stereocenters. The molecule has 0 aromatic rings. The highest BCUT2D eigenvalue weighted by molar-refractivity contribution is 5.70. The molecule has 0 saturated carbocycles. The lowest BCUT2D eigenvalue weighted by Crippen LogP contribution is -2.33. The van der Waals surface area contributed by atoms with Crippen molar-refractivity contribution in [3.8, 4) is 0 Å². The third-order valence-electron chi connectivity index (χ3n) is 1.92. The fourth-order valence-electron chi connectivity index (χ4n) is 0.948. The number of carboxylic acid groups (broad SMARTS) is 1. The standard InChI is InChI=1S/C8H17NO3/c1-8(2,12-3)4-6(5-9)7(10)11/h6H,4-5,9H2,1-3H3,(H,10,11). The molecule has 0 aliphatic heterocycles. The highest BCUT2D eigenvalue weighted by Crippen LogP contribution is 2.19. The smallest absolute Gasteiger partial charge is 0.307 e. The Morgan fingerprint density at radius 2 is 2.17 bits per heavy atom. The molecule has 0 aliphatic rings. The summed E-state index contributed by atoms with van der Waals surface area (Å²) >= 11 is 0. The maximum atomic E-state index is 10.6. The van der Waals surface area contributed by atoms with Crippen LogP contribution in [0.25, 0.3) is 0 Å². The number of aliphatic carboxylic acids is 1. The van der Waals surface area contributed by atoms with E-state index in [1.165, 1.54) is 0 Å². The molecule has 0 saturated heterocycles. The maximum Gasteiger partial charge on any atom is 0.307 e. The largest absolute Gasteiger partial charge is 0.481 e. The van der Waals surface area contributed by atoms with Gasteiger partial charge in [0.25, 0.3) is 0 Å². The van der Waals surface area contributed by atoms with E-state index in [2.05, 4.69) is 0 Å². The van der Waals surface area contributed by atoms with Gasteiger partial charge in [0, 0.05) is 13.7 Å². The van der Waals surface area contributed by atoms with Crippen LogP contribution in [0.1, 0.15) is 20.3 Å². The zero-order valence-corrected chi connectivity index (χ0v) is 7.83. The Bertz CT molecular complexity index is 156. The van der Waals surface area contributed by atoms with Crippen molar-refractivity contribution in [2.75, 3.05) is 13.7 Å². The summed E-state index contributed by atoms with van der Waals surface area (Å²) in [7, 11) is 1.56. The average Bonchev–Trinajstić information content (AvgIpc) is 2.00. The summed E-state index contributed by atoms with van der Waals surface area (Å²) in [6, 6.07) is 0. The van der Waals surface area contributed by atoms with Gasteiger partial charge in [0.2, 0.25) is 0 Å². The minimum Gasteiger partial charge on any atom is -0.481 e. The molecule has 0 heterocycles. The molecule has 0 aliphatic carbocycles. The molecule has 4 nitrogen and oxygen atoms in total. The van der Waals surface area contributed by atoms with Crippen LogP contribution in [0.4, 0.5) is 0 Å². The first-order chi connectivity index (χ1) is 5.43.